The van der Waals surface area contributed by atoms with Crippen LogP contribution >= 0.6 is 0 Å². The summed E-state index contributed by atoms with van der Waals surface area (Å²) in [7, 11) is 0. The fourth-order valence-electron chi connectivity index (χ4n) is 3.08. The predicted octanol–water partition coefficient (Wildman–Crippen LogP) is 0.531. The van der Waals surface area contributed by atoms with Gasteiger partial charge in [-0.15, -0.1) is 0 Å². The molecule has 1 aromatic rings. The molecule has 0 spiro atoms. The summed E-state index contributed by atoms with van der Waals surface area (Å²) in [5.41, 5.74) is 5.77. The summed E-state index contributed by atoms with van der Waals surface area (Å²) < 4.78 is 0. The quantitative estimate of drug-likeness (QED) is 0.770. The zero-order valence-corrected chi connectivity index (χ0v) is 14.0. The maximum absolute atomic E-state index is 11.5. The number of hydrogen-bond acceptors (Lipinski definition) is 5. The molecule has 1 atom stereocenters. The van der Waals surface area contributed by atoms with Crippen LogP contribution in [0.4, 0.5) is 5.69 Å². The topological polar surface area (TPSA) is 73.9 Å². The van der Waals surface area contributed by atoms with E-state index in [4.69, 9.17) is 4.84 Å². The molecule has 0 aromatic heterocycles. The highest BCUT2D eigenvalue weighted by Gasteiger charge is 2.25. The van der Waals surface area contributed by atoms with Gasteiger partial charge in [-0.2, -0.15) is 0 Å². The van der Waals surface area contributed by atoms with E-state index in [1.54, 1.807) is 4.90 Å². The highest BCUT2D eigenvalue weighted by Crippen LogP contribution is 2.22. The van der Waals surface area contributed by atoms with E-state index >= 15 is 0 Å². The van der Waals surface area contributed by atoms with Crippen molar-refractivity contribution in [1.29, 1.82) is 0 Å². The van der Waals surface area contributed by atoms with Crippen LogP contribution in [0.2, 0.25) is 0 Å². The zero-order valence-electron chi connectivity index (χ0n) is 14.0. The van der Waals surface area contributed by atoms with Crippen LogP contribution in [-0.4, -0.2) is 49.6 Å². The van der Waals surface area contributed by atoms with E-state index < -0.39 is 6.23 Å². The number of carbonyl (C=O) groups is 2. The molecule has 1 aromatic carbocycles. The highest BCUT2D eigenvalue weighted by atomic mass is 16.7. The molecule has 24 heavy (non-hydrogen) atoms. The molecule has 0 unspecified atom stereocenters. The molecule has 7 heteroatoms. The Bertz CT molecular complexity index is 591. The summed E-state index contributed by atoms with van der Waals surface area (Å²) in [6.45, 7) is 6.45. The van der Waals surface area contributed by atoms with Crippen LogP contribution in [0.3, 0.4) is 0 Å². The Balaban J connectivity index is 1.72. The molecule has 2 aliphatic heterocycles. The van der Waals surface area contributed by atoms with E-state index in [-0.39, 0.29) is 5.91 Å². The minimum absolute atomic E-state index is 0.144. The number of nitrogens with one attached hydrogen (secondary N) is 2. The molecular formula is C17H24N4O3. The molecule has 2 fully saturated rings. The average Bonchev–Trinajstić information content (AvgIpc) is 2.63. The molecule has 0 saturated carbocycles. The minimum Gasteiger partial charge on any atom is -0.369 e. The third-order valence-electron chi connectivity index (χ3n) is 4.60. The van der Waals surface area contributed by atoms with Crippen LogP contribution in [-0.2, 0) is 21.0 Å². The first kappa shape index (κ1) is 16.7. The van der Waals surface area contributed by atoms with Crippen molar-refractivity contribution in [3.63, 3.8) is 0 Å². The van der Waals surface area contributed by atoms with Crippen LogP contribution < -0.4 is 15.7 Å². The molecule has 0 radical (unpaired) electrons. The van der Waals surface area contributed by atoms with E-state index in [0.717, 1.165) is 43.7 Å². The number of hydrogen-bond donors (Lipinski definition) is 2. The van der Waals surface area contributed by atoms with Gasteiger partial charge in [-0.3, -0.25) is 9.59 Å². The first-order valence-corrected chi connectivity index (χ1v) is 8.38. The van der Waals surface area contributed by atoms with Gasteiger partial charge in [0.2, 0.25) is 12.3 Å². The third-order valence-corrected chi connectivity index (χ3v) is 4.60. The van der Waals surface area contributed by atoms with Crippen LogP contribution in [0.1, 0.15) is 24.0 Å². The van der Waals surface area contributed by atoms with Gasteiger partial charge in [0.25, 0.3) is 0 Å². The third kappa shape index (κ3) is 3.85. The minimum atomic E-state index is -0.414. The van der Waals surface area contributed by atoms with E-state index in [1.165, 1.54) is 5.69 Å². The summed E-state index contributed by atoms with van der Waals surface area (Å²) >= 11 is 0. The predicted molar refractivity (Wildman–Crippen MR) is 90.1 cm³/mol. The Morgan fingerprint density at radius 3 is 2.83 bits per heavy atom. The normalized spacial score (nSPS) is 21.3. The largest absolute Gasteiger partial charge is 0.369 e. The highest BCUT2D eigenvalue weighted by molar-refractivity contribution is 5.75. The van der Waals surface area contributed by atoms with E-state index in [2.05, 4.69) is 33.9 Å². The van der Waals surface area contributed by atoms with Gasteiger partial charge in [0.1, 0.15) is 0 Å². The van der Waals surface area contributed by atoms with Crippen LogP contribution in [0.25, 0.3) is 0 Å². The maximum atomic E-state index is 11.5. The second-order valence-electron chi connectivity index (χ2n) is 6.26. The number of carbonyl (C=O) groups excluding carboxylic acids is 2. The average molecular weight is 332 g/mol. The van der Waals surface area contributed by atoms with Gasteiger partial charge < -0.3 is 15.1 Å². The fraction of sp³-hybridized carbons (Fsp3) is 0.529. The van der Waals surface area contributed by atoms with Crippen molar-refractivity contribution >= 4 is 18.0 Å². The Labute approximate surface area is 141 Å². The lowest BCUT2D eigenvalue weighted by Crippen LogP contribution is -2.45. The summed E-state index contributed by atoms with van der Waals surface area (Å²) in [6, 6.07) is 6.38. The number of benzene rings is 1. The molecule has 7 nitrogen and oxygen atoms in total. The van der Waals surface area contributed by atoms with Gasteiger partial charge in [-0.05, 0) is 30.2 Å². The number of hydroxylamine groups is 1. The molecule has 2 aliphatic rings. The second kappa shape index (κ2) is 7.63. The molecule has 130 valence electrons. The monoisotopic (exact) mass is 332 g/mol. The van der Waals surface area contributed by atoms with Crippen molar-refractivity contribution in [1.82, 2.24) is 15.7 Å². The van der Waals surface area contributed by atoms with E-state index in [0.29, 0.717) is 19.4 Å². The smallest absolute Gasteiger partial charge is 0.243 e. The summed E-state index contributed by atoms with van der Waals surface area (Å²) in [5.74, 6) is -0.144. The number of anilines is 1. The van der Waals surface area contributed by atoms with Crippen molar-refractivity contribution in [3.05, 3.63) is 29.3 Å². The van der Waals surface area contributed by atoms with Crippen molar-refractivity contribution in [2.24, 2.45) is 0 Å². The van der Waals surface area contributed by atoms with Gasteiger partial charge in [-0.25, -0.2) is 10.3 Å². The maximum Gasteiger partial charge on any atom is 0.243 e. The summed E-state index contributed by atoms with van der Waals surface area (Å²) in [6.07, 6.45) is 1.26. The molecule has 2 amide bonds. The van der Waals surface area contributed by atoms with Crippen molar-refractivity contribution in [2.45, 2.75) is 32.5 Å². The van der Waals surface area contributed by atoms with Crippen molar-refractivity contribution in [3.8, 4) is 0 Å². The second-order valence-corrected chi connectivity index (χ2v) is 6.26. The van der Waals surface area contributed by atoms with Crippen molar-refractivity contribution < 1.29 is 14.4 Å². The SMILES string of the molecule is Cc1ccc(N2CCNCC2)cc1CN(C=O)[C@H]1CCC(=O)NO1. The number of piperazine rings is 1. The van der Waals surface area contributed by atoms with Gasteiger partial charge in [0.15, 0.2) is 6.23 Å². The van der Waals surface area contributed by atoms with Gasteiger partial charge >= 0.3 is 0 Å². The van der Waals surface area contributed by atoms with Gasteiger partial charge in [-0.1, -0.05) is 6.07 Å². The number of aryl methyl sites for hydroxylation is 1. The fourth-order valence-corrected chi connectivity index (χ4v) is 3.08. The Hall–Kier alpha value is -2.12. The van der Waals surface area contributed by atoms with Crippen LogP contribution in [0.15, 0.2) is 18.2 Å². The lowest BCUT2D eigenvalue weighted by atomic mass is 10.1. The number of nitrogens with zero attached hydrogens (tertiary/aromatic N) is 2. The number of amides is 2. The molecule has 2 N–H and O–H groups in total. The molecule has 2 saturated heterocycles. The van der Waals surface area contributed by atoms with Crippen LogP contribution in [0.5, 0.6) is 0 Å². The molecule has 3 rings (SSSR count). The van der Waals surface area contributed by atoms with Crippen molar-refractivity contribution in [2.75, 3.05) is 31.1 Å². The Kier molecular flexibility index (Phi) is 5.32. The van der Waals surface area contributed by atoms with E-state index in [1.807, 2.05) is 6.92 Å². The first-order chi connectivity index (χ1) is 11.7. The standard InChI is InChI=1S/C17H24N4O3/c1-13-2-3-15(20-8-6-18-7-9-20)10-14(13)11-21(12-22)17-5-4-16(23)19-24-17/h2-3,10,12,17-18H,4-9,11H2,1H3,(H,19,23)/t17-/m1/s1. The lowest BCUT2D eigenvalue weighted by molar-refractivity contribution is -0.171. The molecular weight excluding hydrogens is 308 g/mol. The molecule has 2 heterocycles. The summed E-state index contributed by atoms with van der Waals surface area (Å²) in [5, 5.41) is 3.35. The Morgan fingerprint density at radius 2 is 2.17 bits per heavy atom. The zero-order chi connectivity index (χ0) is 16.9. The van der Waals surface area contributed by atoms with Crippen LogP contribution in [0, 0.1) is 6.92 Å². The van der Waals surface area contributed by atoms with Gasteiger partial charge in [0.05, 0.1) is 0 Å². The number of rotatable bonds is 5. The molecule has 0 bridgehead atoms. The van der Waals surface area contributed by atoms with E-state index in [9.17, 15) is 9.59 Å². The first-order valence-electron chi connectivity index (χ1n) is 8.38. The molecule has 0 aliphatic carbocycles. The Morgan fingerprint density at radius 1 is 1.38 bits per heavy atom. The lowest BCUT2D eigenvalue weighted by Gasteiger charge is -2.32. The van der Waals surface area contributed by atoms with Gasteiger partial charge in [0, 0.05) is 51.3 Å². The summed E-state index contributed by atoms with van der Waals surface area (Å²) in [4.78, 5) is 31.9.